The van der Waals surface area contributed by atoms with Crippen LogP contribution in [0, 0.1) is 28.5 Å². The number of halogens is 1. The molecule has 0 saturated carbocycles. The molecule has 108 valence electrons. The summed E-state index contributed by atoms with van der Waals surface area (Å²) in [5.41, 5.74) is 6.28. The van der Waals surface area contributed by atoms with Gasteiger partial charge < -0.3 is 5.73 Å². The molecule has 0 amide bonds. The van der Waals surface area contributed by atoms with Crippen molar-refractivity contribution >= 4 is 23.4 Å². The number of Topliss-reactive ketones (excluding diaryl/α,β-unsaturated/α-hetero) is 1. The average Bonchev–Trinajstić information content (AvgIpc) is 2.53. The largest absolute Gasteiger partial charge is 0.383 e. The molecule has 2 aromatic rings. The van der Waals surface area contributed by atoms with Crippen LogP contribution in [0.5, 0.6) is 0 Å². The van der Waals surface area contributed by atoms with Crippen molar-refractivity contribution in [2.24, 2.45) is 0 Å². The molecule has 0 fully saturated rings. The lowest BCUT2D eigenvalue weighted by atomic mass is 10.1. The SMILES string of the molecule is N#Cc1cc(C#N)c(SCC(=O)c2ccc(F)cc2)nc1N. The van der Waals surface area contributed by atoms with Gasteiger partial charge in [0.1, 0.15) is 28.8 Å². The smallest absolute Gasteiger partial charge is 0.173 e. The highest BCUT2D eigenvalue weighted by atomic mass is 32.2. The number of carbonyl (C=O) groups is 1. The molecule has 7 heteroatoms. The van der Waals surface area contributed by atoms with E-state index in [2.05, 4.69) is 4.98 Å². The summed E-state index contributed by atoms with van der Waals surface area (Å²) in [4.78, 5) is 16.0. The zero-order valence-electron chi connectivity index (χ0n) is 11.2. The van der Waals surface area contributed by atoms with Gasteiger partial charge in [0.2, 0.25) is 0 Å². The van der Waals surface area contributed by atoms with Gasteiger partial charge >= 0.3 is 0 Å². The Morgan fingerprint density at radius 3 is 2.45 bits per heavy atom. The van der Waals surface area contributed by atoms with Crippen molar-refractivity contribution in [3.05, 3.63) is 52.8 Å². The zero-order valence-corrected chi connectivity index (χ0v) is 12.0. The number of benzene rings is 1. The monoisotopic (exact) mass is 312 g/mol. The van der Waals surface area contributed by atoms with Gasteiger partial charge in [-0.05, 0) is 30.3 Å². The number of nitrogen functional groups attached to an aromatic ring is 1. The fourth-order valence-electron chi connectivity index (χ4n) is 1.64. The number of nitrogens with zero attached hydrogens (tertiary/aromatic N) is 3. The quantitative estimate of drug-likeness (QED) is 0.687. The molecular weight excluding hydrogens is 303 g/mol. The number of rotatable bonds is 4. The van der Waals surface area contributed by atoms with E-state index in [9.17, 15) is 9.18 Å². The van der Waals surface area contributed by atoms with Crippen molar-refractivity contribution in [3.8, 4) is 12.1 Å². The third-order valence-corrected chi connectivity index (χ3v) is 3.76. The van der Waals surface area contributed by atoms with E-state index < -0.39 is 5.82 Å². The van der Waals surface area contributed by atoms with Gasteiger partial charge in [0, 0.05) is 5.56 Å². The third kappa shape index (κ3) is 3.40. The predicted octanol–water partition coefficient (Wildman–Crippen LogP) is 2.52. The molecule has 2 rings (SSSR count). The van der Waals surface area contributed by atoms with Crippen molar-refractivity contribution in [3.63, 3.8) is 0 Å². The number of aromatic nitrogens is 1. The summed E-state index contributed by atoms with van der Waals surface area (Å²) in [6.45, 7) is 0. The Hall–Kier alpha value is -2.90. The van der Waals surface area contributed by atoms with E-state index >= 15 is 0 Å². The summed E-state index contributed by atoms with van der Waals surface area (Å²) in [6.07, 6.45) is 0. The van der Waals surface area contributed by atoms with E-state index in [0.717, 1.165) is 11.8 Å². The van der Waals surface area contributed by atoms with Gasteiger partial charge in [0.25, 0.3) is 0 Å². The van der Waals surface area contributed by atoms with E-state index in [1.165, 1.54) is 30.3 Å². The summed E-state index contributed by atoms with van der Waals surface area (Å²) in [5, 5.41) is 18.2. The summed E-state index contributed by atoms with van der Waals surface area (Å²) >= 11 is 1.05. The predicted molar refractivity (Wildman–Crippen MR) is 79.5 cm³/mol. The first-order valence-corrected chi connectivity index (χ1v) is 7.06. The second kappa shape index (κ2) is 6.70. The number of nitrogens with two attached hydrogens (primary N) is 1. The molecule has 22 heavy (non-hydrogen) atoms. The van der Waals surface area contributed by atoms with Crippen molar-refractivity contribution in [2.45, 2.75) is 5.03 Å². The fraction of sp³-hybridized carbons (Fsp3) is 0.0667. The maximum Gasteiger partial charge on any atom is 0.173 e. The van der Waals surface area contributed by atoms with Crippen LogP contribution in [0.15, 0.2) is 35.4 Å². The lowest BCUT2D eigenvalue weighted by Gasteiger charge is -2.05. The van der Waals surface area contributed by atoms with Crippen LogP contribution in [-0.2, 0) is 0 Å². The highest BCUT2D eigenvalue weighted by Crippen LogP contribution is 2.24. The Morgan fingerprint density at radius 2 is 1.86 bits per heavy atom. The molecule has 0 atom stereocenters. The third-order valence-electron chi connectivity index (χ3n) is 2.76. The molecular formula is C15H9FN4OS. The summed E-state index contributed by atoms with van der Waals surface area (Å²) in [6, 6.07) is 10.3. The van der Waals surface area contributed by atoms with Gasteiger partial charge in [-0.1, -0.05) is 11.8 Å². The fourth-order valence-corrected chi connectivity index (χ4v) is 2.50. The molecule has 1 aromatic carbocycles. The van der Waals surface area contributed by atoms with Gasteiger partial charge in [0.15, 0.2) is 5.78 Å². The summed E-state index contributed by atoms with van der Waals surface area (Å²) in [7, 11) is 0. The minimum absolute atomic E-state index is 0.0123. The normalized spacial score (nSPS) is 9.77. The highest BCUT2D eigenvalue weighted by Gasteiger charge is 2.13. The zero-order chi connectivity index (χ0) is 16.1. The van der Waals surface area contributed by atoms with Crippen molar-refractivity contribution in [1.29, 1.82) is 10.5 Å². The first-order valence-electron chi connectivity index (χ1n) is 6.07. The van der Waals surface area contributed by atoms with E-state index in [1.807, 2.05) is 12.1 Å². The lowest BCUT2D eigenvalue weighted by molar-refractivity contribution is 0.102. The van der Waals surface area contributed by atoms with E-state index in [1.54, 1.807) is 0 Å². The molecule has 0 aliphatic heterocycles. The molecule has 0 bridgehead atoms. The Balaban J connectivity index is 2.16. The maximum atomic E-state index is 12.8. The molecule has 0 spiro atoms. The molecule has 0 aliphatic rings. The van der Waals surface area contributed by atoms with Crippen molar-refractivity contribution in [2.75, 3.05) is 11.5 Å². The molecule has 5 nitrogen and oxygen atoms in total. The minimum Gasteiger partial charge on any atom is -0.383 e. The van der Waals surface area contributed by atoms with Gasteiger partial charge in [0.05, 0.1) is 16.9 Å². The molecule has 1 heterocycles. The standard InChI is InChI=1S/C15H9FN4OS/c16-12-3-1-9(2-4-12)13(21)8-22-15-11(7-18)5-10(6-17)14(19)20-15/h1-5H,8H2,(H2,19,20). The number of ketones is 1. The van der Waals surface area contributed by atoms with E-state index in [0.29, 0.717) is 5.56 Å². The molecule has 0 radical (unpaired) electrons. The van der Waals surface area contributed by atoms with Crippen LogP contribution in [-0.4, -0.2) is 16.5 Å². The van der Waals surface area contributed by atoms with Crippen LogP contribution >= 0.6 is 11.8 Å². The molecule has 1 aromatic heterocycles. The summed E-state index contributed by atoms with van der Waals surface area (Å²) in [5.74, 6) is -0.604. The van der Waals surface area contributed by atoms with Crippen LogP contribution in [0.3, 0.4) is 0 Å². The number of hydrogen-bond donors (Lipinski definition) is 1. The molecule has 0 unspecified atom stereocenters. The topological polar surface area (TPSA) is 104 Å². The van der Waals surface area contributed by atoms with Gasteiger partial charge in [-0.3, -0.25) is 4.79 Å². The Labute approximate surface area is 130 Å². The van der Waals surface area contributed by atoms with E-state index in [4.69, 9.17) is 16.3 Å². The van der Waals surface area contributed by atoms with Crippen LogP contribution in [0.2, 0.25) is 0 Å². The maximum absolute atomic E-state index is 12.8. The molecule has 0 saturated heterocycles. The van der Waals surface area contributed by atoms with Gasteiger partial charge in [-0.15, -0.1) is 0 Å². The second-order valence-corrected chi connectivity index (χ2v) is 5.18. The number of pyridine rings is 1. The first-order chi connectivity index (χ1) is 10.5. The van der Waals surface area contributed by atoms with Gasteiger partial charge in [-0.25, -0.2) is 9.37 Å². The summed E-state index contributed by atoms with van der Waals surface area (Å²) < 4.78 is 12.8. The first kappa shape index (κ1) is 15.5. The second-order valence-electron chi connectivity index (χ2n) is 4.22. The Kier molecular flexibility index (Phi) is 4.72. The molecule has 0 aliphatic carbocycles. The average molecular weight is 312 g/mol. The lowest BCUT2D eigenvalue weighted by Crippen LogP contribution is -2.04. The Morgan fingerprint density at radius 1 is 1.23 bits per heavy atom. The van der Waals surface area contributed by atoms with Crippen LogP contribution in [0.4, 0.5) is 10.2 Å². The van der Waals surface area contributed by atoms with Crippen LogP contribution in [0.25, 0.3) is 0 Å². The number of anilines is 1. The number of nitriles is 2. The van der Waals surface area contributed by atoms with Crippen LogP contribution in [0.1, 0.15) is 21.5 Å². The van der Waals surface area contributed by atoms with Crippen LogP contribution < -0.4 is 5.73 Å². The Bertz CT molecular complexity index is 806. The number of carbonyl (C=O) groups excluding carboxylic acids is 1. The highest BCUT2D eigenvalue weighted by molar-refractivity contribution is 8.00. The number of thioether (sulfide) groups is 1. The van der Waals surface area contributed by atoms with Gasteiger partial charge in [-0.2, -0.15) is 10.5 Å². The minimum atomic E-state index is -0.419. The molecule has 2 N–H and O–H groups in total. The number of hydrogen-bond acceptors (Lipinski definition) is 6. The van der Waals surface area contributed by atoms with Crippen molar-refractivity contribution < 1.29 is 9.18 Å². The van der Waals surface area contributed by atoms with E-state index in [-0.39, 0.29) is 33.5 Å². The van der Waals surface area contributed by atoms with Crippen molar-refractivity contribution in [1.82, 2.24) is 4.98 Å².